The van der Waals surface area contributed by atoms with E-state index in [4.69, 9.17) is 0 Å². The van der Waals surface area contributed by atoms with E-state index in [0.717, 1.165) is 56.6 Å². The summed E-state index contributed by atoms with van der Waals surface area (Å²) in [6.07, 6.45) is 0. The van der Waals surface area contributed by atoms with Crippen molar-refractivity contribution in [2.75, 3.05) is 9.80 Å². The zero-order valence-electron chi connectivity index (χ0n) is 38.6. The van der Waals surface area contributed by atoms with Crippen molar-refractivity contribution in [3.8, 4) is 22.5 Å². The van der Waals surface area contributed by atoms with Crippen LogP contribution in [-0.4, -0.2) is 9.13 Å². The quantitative estimate of drug-likeness (QED) is 0.143. The predicted octanol–water partition coefficient (Wildman–Crippen LogP) is 18.9. The molecule has 0 saturated heterocycles. The van der Waals surface area contributed by atoms with Crippen molar-refractivity contribution in [2.24, 2.45) is 0 Å². The van der Waals surface area contributed by atoms with Crippen molar-refractivity contribution in [3.63, 3.8) is 0 Å². The summed E-state index contributed by atoms with van der Waals surface area (Å²) >= 11 is 1.88. The summed E-state index contributed by atoms with van der Waals surface area (Å²) in [6, 6.07) is 96.9. The first-order chi connectivity index (χ1) is 35.2. The van der Waals surface area contributed by atoms with Crippen molar-refractivity contribution >= 4 is 109 Å². The third-order valence-corrected chi connectivity index (χ3v) is 15.3. The third-order valence-electron chi connectivity index (χ3n) is 14.1. The molecule has 0 amide bonds. The summed E-state index contributed by atoms with van der Waals surface area (Å²) in [5, 5.41) is 7.58. The first kappa shape index (κ1) is 40.9. The number of thiophene rings is 1. The van der Waals surface area contributed by atoms with E-state index in [1.165, 1.54) is 63.8 Å². The largest absolute Gasteiger partial charge is 0.310 e. The maximum absolute atomic E-state index is 2.48. The molecule has 4 nitrogen and oxygen atoms in total. The molecule has 0 radical (unpaired) electrons. The fourth-order valence-corrected chi connectivity index (χ4v) is 12.1. The van der Waals surface area contributed by atoms with Gasteiger partial charge in [-0.1, -0.05) is 158 Å². The second-order valence-corrected chi connectivity index (χ2v) is 19.2. The lowest BCUT2D eigenvalue weighted by molar-refractivity contribution is 1.18. The zero-order valence-corrected chi connectivity index (χ0v) is 39.4. The lowest BCUT2D eigenvalue weighted by Gasteiger charge is -2.26. The van der Waals surface area contributed by atoms with Crippen LogP contribution in [0.1, 0.15) is 0 Å². The fourth-order valence-electron chi connectivity index (χ4n) is 10.9. The van der Waals surface area contributed by atoms with Crippen LogP contribution in [0.3, 0.4) is 0 Å². The molecule has 0 spiro atoms. The minimum atomic E-state index is 1.09. The number of hydrogen-bond donors (Lipinski definition) is 0. The Bertz CT molecular complexity index is 4250. The highest BCUT2D eigenvalue weighted by molar-refractivity contribution is 7.26. The summed E-state index contributed by atoms with van der Waals surface area (Å²) in [4.78, 5) is 4.73. The molecule has 0 atom stereocenters. The number of nitrogens with zero attached hydrogens (tertiary/aromatic N) is 4. The second-order valence-electron chi connectivity index (χ2n) is 18.1. The Morgan fingerprint density at radius 2 is 0.662 bits per heavy atom. The van der Waals surface area contributed by atoms with Gasteiger partial charge in [0, 0.05) is 82.5 Å². The van der Waals surface area contributed by atoms with Crippen LogP contribution in [0.5, 0.6) is 0 Å². The molecule has 0 saturated carbocycles. The topological polar surface area (TPSA) is 16.3 Å². The molecule has 0 fully saturated rings. The highest BCUT2D eigenvalue weighted by Crippen LogP contribution is 2.46. The van der Waals surface area contributed by atoms with E-state index in [1.807, 2.05) is 11.3 Å². The van der Waals surface area contributed by atoms with Crippen molar-refractivity contribution in [1.82, 2.24) is 9.13 Å². The van der Waals surface area contributed by atoms with Gasteiger partial charge in [0.1, 0.15) is 0 Å². The Labute approximate surface area is 415 Å². The Balaban J connectivity index is 0.847. The van der Waals surface area contributed by atoms with Crippen LogP contribution in [0.15, 0.2) is 267 Å². The number of fused-ring (bicyclic) bond motifs is 10. The molecule has 71 heavy (non-hydrogen) atoms. The Morgan fingerprint density at radius 1 is 0.268 bits per heavy atom. The molecule has 0 N–H and O–H groups in total. The minimum Gasteiger partial charge on any atom is -0.310 e. The highest BCUT2D eigenvalue weighted by Gasteiger charge is 2.22. The summed E-state index contributed by atoms with van der Waals surface area (Å²) in [5.41, 5.74) is 16.0. The van der Waals surface area contributed by atoms with Crippen LogP contribution in [0.2, 0.25) is 0 Å². The Morgan fingerprint density at radius 3 is 1.24 bits per heavy atom. The molecule has 0 bridgehead atoms. The standard InChI is InChI=1S/C66H44N4S/c1-5-17-47(18-6-1)67(53-37-39-56-55-25-13-15-27-61(55)69(62(56)43-53)49-21-9-3-10-22-49)51-33-29-45(30-34-51)46-31-35-52(36-32-46)68(48-19-7-2-8-20-48)54-38-40-57-59-41-42-60-58-26-14-16-28-64(58)71-66(60)65(59)70(63(57)44-54)50-23-11-4-12-24-50/h1-44H. The molecule has 3 aromatic heterocycles. The van der Waals surface area contributed by atoms with Crippen LogP contribution in [0, 0.1) is 0 Å². The SMILES string of the molecule is c1ccc(N(c2ccc(-c3ccc(N(c4ccccc4)c4ccc5c6ccc7c8ccccc8sc7c6n(-c6ccccc6)c5c4)cc3)cc2)c2ccc3c4ccccc4n(-c4ccccc4)c3c2)cc1. The number of anilines is 6. The molecule has 0 unspecified atom stereocenters. The first-order valence-electron chi connectivity index (χ1n) is 24.2. The second kappa shape index (κ2) is 16.8. The van der Waals surface area contributed by atoms with Crippen molar-refractivity contribution < 1.29 is 0 Å². The molecule has 14 rings (SSSR count). The predicted molar refractivity (Wildman–Crippen MR) is 303 cm³/mol. The number of para-hydroxylation sites is 5. The zero-order chi connectivity index (χ0) is 46.8. The van der Waals surface area contributed by atoms with Crippen LogP contribution < -0.4 is 9.80 Å². The maximum atomic E-state index is 2.48. The Hall–Kier alpha value is -9.16. The number of benzene rings is 11. The van der Waals surface area contributed by atoms with E-state index < -0.39 is 0 Å². The van der Waals surface area contributed by atoms with E-state index in [-0.39, 0.29) is 0 Å². The number of aromatic nitrogens is 2. The van der Waals surface area contributed by atoms with Crippen molar-refractivity contribution in [1.29, 1.82) is 0 Å². The van der Waals surface area contributed by atoms with Gasteiger partial charge in [-0.25, -0.2) is 0 Å². The van der Waals surface area contributed by atoms with E-state index in [2.05, 4.69) is 286 Å². The van der Waals surface area contributed by atoms with Gasteiger partial charge in [0.2, 0.25) is 0 Å². The summed E-state index contributed by atoms with van der Waals surface area (Å²) in [6.45, 7) is 0. The average molecular weight is 925 g/mol. The van der Waals surface area contributed by atoms with E-state index in [0.29, 0.717) is 0 Å². The van der Waals surface area contributed by atoms with Gasteiger partial charge in [-0.3, -0.25) is 0 Å². The summed E-state index contributed by atoms with van der Waals surface area (Å²) in [5.74, 6) is 0. The minimum absolute atomic E-state index is 1.09. The molecular formula is C66H44N4S. The normalized spacial score (nSPS) is 11.7. The molecule has 14 aromatic rings. The third kappa shape index (κ3) is 6.81. The van der Waals surface area contributed by atoms with Gasteiger partial charge in [-0.2, -0.15) is 0 Å². The lowest BCUT2D eigenvalue weighted by atomic mass is 10.0. The molecule has 0 aliphatic carbocycles. The van der Waals surface area contributed by atoms with Gasteiger partial charge in [0.25, 0.3) is 0 Å². The maximum Gasteiger partial charge on any atom is 0.0719 e. The highest BCUT2D eigenvalue weighted by atomic mass is 32.1. The van der Waals surface area contributed by atoms with Gasteiger partial charge in [-0.15, -0.1) is 11.3 Å². The summed E-state index contributed by atoms with van der Waals surface area (Å²) in [7, 11) is 0. The average Bonchev–Trinajstić information content (AvgIpc) is 4.10. The van der Waals surface area contributed by atoms with E-state index >= 15 is 0 Å². The van der Waals surface area contributed by atoms with Gasteiger partial charge in [0.15, 0.2) is 0 Å². The van der Waals surface area contributed by atoms with Crippen LogP contribution in [-0.2, 0) is 0 Å². The van der Waals surface area contributed by atoms with Crippen molar-refractivity contribution in [2.45, 2.75) is 0 Å². The number of rotatable bonds is 9. The lowest BCUT2D eigenvalue weighted by Crippen LogP contribution is -2.10. The van der Waals surface area contributed by atoms with Crippen LogP contribution in [0.25, 0.3) is 86.3 Å². The van der Waals surface area contributed by atoms with E-state index in [1.54, 1.807) is 0 Å². The number of hydrogen-bond acceptors (Lipinski definition) is 3. The molecule has 11 aromatic carbocycles. The first-order valence-corrected chi connectivity index (χ1v) is 25.0. The van der Waals surface area contributed by atoms with Crippen LogP contribution >= 0.6 is 11.3 Å². The summed E-state index contributed by atoms with van der Waals surface area (Å²) < 4.78 is 7.48. The molecule has 0 aliphatic heterocycles. The van der Waals surface area contributed by atoms with Crippen molar-refractivity contribution in [3.05, 3.63) is 267 Å². The van der Waals surface area contributed by atoms with Gasteiger partial charge < -0.3 is 18.9 Å². The monoisotopic (exact) mass is 924 g/mol. The van der Waals surface area contributed by atoms with E-state index in [9.17, 15) is 0 Å². The van der Waals surface area contributed by atoms with Gasteiger partial charge >= 0.3 is 0 Å². The van der Waals surface area contributed by atoms with Crippen LogP contribution in [0.4, 0.5) is 34.1 Å². The molecule has 0 aliphatic rings. The fraction of sp³-hybridized carbons (Fsp3) is 0. The van der Waals surface area contributed by atoms with Gasteiger partial charge in [0.05, 0.1) is 26.8 Å². The van der Waals surface area contributed by atoms with Gasteiger partial charge in [-0.05, 0) is 120 Å². The smallest absolute Gasteiger partial charge is 0.0719 e. The molecule has 334 valence electrons. The molecule has 3 heterocycles. The molecule has 5 heteroatoms. The Kier molecular flexibility index (Phi) is 9.68. The molecular weight excluding hydrogens is 881 g/mol.